The van der Waals surface area contributed by atoms with Crippen molar-refractivity contribution >= 4 is 23.2 Å². The van der Waals surface area contributed by atoms with E-state index in [0.717, 1.165) is 0 Å². The zero-order valence-electron chi connectivity index (χ0n) is 3.07. The van der Waals surface area contributed by atoms with E-state index in [0.29, 0.717) is 22.6 Å². The maximum atomic E-state index is 5.60. The van der Waals surface area contributed by atoms with Crippen LogP contribution in [0.5, 0.6) is 0 Å². The topological polar surface area (TPSA) is 0 Å². The number of fused-ring (bicyclic) bond motifs is 1. The summed E-state index contributed by atoms with van der Waals surface area (Å²) < 4.78 is 0. The predicted octanol–water partition coefficient (Wildman–Crippen LogP) is 1.46. The first-order valence-electron chi connectivity index (χ1n) is 2.10. The molecule has 2 aliphatic carbocycles. The van der Waals surface area contributed by atoms with Gasteiger partial charge in [0.05, 0.1) is 0 Å². The molecule has 0 aromatic rings. The summed E-state index contributed by atoms with van der Waals surface area (Å²) >= 11 is 11.2. The standard InChI is InChI=1S/C4H4Cl2/c5-3-1-2(3)4(1)6/h1-4H. The van der Waals surface area contributed by atoms with Crippen molar-refractivity contribution in [1.82, 2.24) is 0 Å². The average molecular weight is 123 g/mol. The van der Waals surface area contributed by atoms with Gasteiger partial charge in [0, 0.05) is 10.8 Å². The Morgan fingerprint density at radius 3 is 1.17 bits per heavy atom. The van der Waals surface area contributed by atoms with Crippen LogP contribution < -0.4 is 0 Å². The highest BCUT2D eigenvalue weighted by atomic mass is 35.5. The molecule has 2 saturated carbocycles. The lowest BCUT2D eigenvalue weighted by atomic mass is 10.4. The van der Waals surface area contributed by atoms with E-state index in [1.54, 1.807) is 0 Å². The van der Waals surface area contributed by atoms with Gasteiger partial charge in [-0.1, -0.05) is 0 Å². The maximum Gasteiger partial charge on any atom is 0.0428 e. The molecule has 0 saturated heterocycles. The van der Waals surface area contributed by atoms with Gasteiger partial charge in [-0.3, -0.25) is 0 Å². The quantitative estimate of drug-likeness (QED) is 0.427. The molecular formula is C4H4Cl2. The highest BCUT2D eigenvalue weighted by Crippen LogP contribution is 2.68. The van der Waals surface area contributed by atoms with E-state index in [9.17, 15) is 0 Å². The van der Waals surface area contributed by atoms with Gasteiger partial charge in [-0.05, 0) is 11.8 Å². The van der Waals surface area contributed by atoms with Crippen molar-refractivity contribution in [1.29, 1.82) is 0 Å². The van der Waals surface area contributed by atoms with Crippen molar-refractivity contribution in [3.8, 4) is 0 Å². The van der Waals surface area contributed by atoms with Crippen LogP contribution in [-0.4, -0.2) is 10.8 Å². The second-order valence-electron chi connectivity index (χ2n) is 2.04. The van der Waals surface area contributed by atoms with Gasteiger partial charge >= 0.3 is 0 Å². The molecule has 2 rings (SSSR count). The molecule has 0 aliphatic heterocycles. The smallest absolute Gasteiger partial charge is 0.0428 e. The number of hydrogen-bond donors (Lipinski definition) is 0. The van der Waals surface area contributed by atoms with Gasteiger partial charge in [0.15, 0.2) is 0 Å². The van der Waals surface area contributed by atoms with Crippen LogP contribution >= 0.6 is 23.2 Å². The van der Waals surface area contributed by atoms with Crippen molar-refractivity contribution < 1.29 is 0 Å². The minimum absolute atomic E-state index is 0.465. The van der Waals surface area contributed by atoms with E-state index in [1.165, 1.54) is 0 Å². The first kappa shape index (κ1) is 3.57. The van der Waals surface area contributed by atoms with Gasteiger partial charge in [-0.15, -0.1) is 23.2 Å². The first-order valence-corrected chi connectivity index (χ1v) is 2.98. The van der Waals surface area contributed by atoms with Crippen molar-refractivity contribution in [3.63, 3.8) is 0 Å². The van der Waals surface area contributed by atoms with E-state index < -0.39 is 0 Å². The van der Waals surface area contributed by atoms with Crippen LogP contribution in [0.25, 0.3) is 0 Å². The molecular weight excluding hydrogens is 119 g/mol. The molecule has 0 radical (unpaired) electrons. The Labute approximate surface area is 46.4 Å². The molecule has 0 atom stereocenters. The summed E-state index contributed by atoms with van der Waals surface area (Å²) in [7, 11) is 0. The molecule has 0 heterocycles. The first-order chi connectivity index (χ1) is 2.82. The Hall–Kier alpha value is 0.580. The zero-order chi connectivity index (χ0) is 4.31. The summed E-state index contributed by atoms with van der Waals surface area (Å²) in [6, 6.07) is 0. The molecule has 0 spiro atoms. The molecule has 0 unspecified atom stereocenters. The van der Waals surface area contributed by atoms with E-state index in [1.807, 2.05) is 0 Å². The van der Waals surface area contributed by atoms with E-state index in [-0.39, 0.29) is 0 Å². The summed E-state index contributed by atoms with van der Waals surface area (Å²) in [6.07, 6.45) is 0. The third kappa shape index (κ3) is 0.214. The average Bonchev–Trinajstić information content (AvgIpc) is 2.28. The van der Waals surface area contributed by atoms with Crippen LogP contribution in [0.4, 0.5) is 0 Å². The summed E-state index contributed by atoms with van der Waals surface area (Å²) in [5, 5.41) is 0.931. The molecule has 0 aromatic heterocycles. The number of halogens is 2. The van der Waals surface area contributed by atoms with E-state index in [2.05, 4.69) is 0 Å². The molecule has 0 aromatic carbocycles. The number of hydrogen-bond acceptors (Lipinski definition) is 0. The highest BCUT2D eigenvalue weighted by Gasteiger charge is 2.72. The van der Waals surface area contributed by atoms with Crippen LogP contribution in [-0.2, 0) is 0 Å². The van der Waals surface area contributed by atoms with Crippen LogP contribution in [0.15, 0.2) is 0 Å². The number of rotatable bonds is 0. The molecule has 2 aliphatic rings. The Kier molecular flexibility index (Phi) is 0.440. The maximum absolute atomic E-state index is 5.60. The van der Waals surface area contributed by atoms with E-state index >= 15 is 0 Å². The lowest BCUT2D eigenvalue weighted by molar-refractivity contribution is 0.931. The summed E-state index contributed by atoms with van der Waals surface area (Å²) in [5.41, 5.74) is 0. The van der Waals surface area contributed by atoms with Crippen LogP contribution in [0.3, 0.4) is 0 Å². The monoisotopic (exact) mass is 122 g/mol. The van der Waals surface area contributed by atoms with Gasteiger partial charge in [-0.2, -0.15) is 0 Å². The second-order valence-corrected chi connectivity index (χ2v) is 3.05. The molecule has 6 heavy (non-hydrogen) atoms. The van der Waals surface area contributed by atoms with Gasteiger partial charge in [0.25, 0.3) is 0 Å². The fourth-order valence-corrected chi connectivity index (χ4v) is 2.12. The summed E-state index contributed by atoms with van der Waals surface area (Å²) in [4.78, 5) is 0. The predicted molar refractivity (Wildman–Crippen MR) is 26.3 cm³/mol. The zero-order valence-corrected chi connectivity index (χ0v) is 4.58. The lowest BCUT2D eigenvalue weighted by Crippen LogP contribution is -1.94. The molecule has 34 valence electrons. The summed E-state index contributed by atoms with van der Waals surface area (Å²) in [6.45, 7) is 0. The minimum atomic E-state index is 0.465. The Morgan fingerprint density at radius 1 is 0.833 bits per heavy atom. The third-order valence-electron chi connectivity index (χ3n) is 1.63. The third-order valence-corrected chi connectivity index (χ3v) is 2.80. The normalized spacial score (nSPS) is 73.0. The molecule has 0 bridgehead atoms. The van der Waals surface area contributed by atoms with Crippen LogP contribution in [0, 0.1) is 11.8 Å². The Balaban J connectivity index is 2.06. The largest absolute Gasteiger partial charge is 0.122 e. The van der Waals surface area contributed by atoms with Crippen molar-refractivity contribution in [2.24, 2.45) is 11.8 Å². The number of alkyl halides is 2. The highest BCUT2D eigenvalue weighted by molar-refractivity contribution is 6.31. The van der Waals surface area contributed by atoms with Crippen LogP contribution in [0.1, 0.15) is 0 Å². The van der Waals surface area contributed by atoms with Crippen molar-refractivity contribution in [2.75, 3.05) is 0 Å². The second kappa shape index (κ2) is 0.740. The van der Waals surface area contributed by atoms with Gasteiger partial charge in [0.2, 0.25) is 0 Å². The molecule has 2 fully saturated rings. The molecule has 0 amide bonds. The molecule has 2 heteroatoms. The summed E-state index contributed by atoms with van der Waals surface area (Å²) in [5.74, 6) is 1.43. The SMILES string of the molecule is ClC1C2C(Cl)C12. The Bertz CT molecular complexity index is 71.5. The van der Waals surface area contributed by atoms with Crippen LogP contribution in [0.2, 0.25) is 0 Å². The van der Waals surface area contributed by atoms with Crippen molar-refractivity contribution in [3.05, 3.63) is 0 Å². The Morgan fingerprint density at radius 2 is 1.17 bits per heavy atom. The van der Waals surface area contributed by atoms with Crippen molar-refractivity contribution in [2.45, 2.75) is 10.8 Å². The fraction of sp³-hybridized carbons (Fsp3) is 1.00. The molecule has 0 N–H and O–H groups in total. The van der Waals surface area contributed by atoms with Gasteiger partial charge in [-0.25, -0.2) is 0 Å². The molecule has 0 nitrogen and oxygen atoms in total. The fourth-order valence-electron chi connectivity index (χ4n) is 0.843. The lowest BCUT2D eigenvalue weighted by Gasteiger charge is -1.90. The van der Waals surface area contributed by atoms with Gasteiger partial charge < -0.3 is 0 Å². The van der Waals surface area contributed by atoms with E-state index in [4.69, 9.17) is 23.2 Å². The minimum Gasteiger partial charge on any atom is -0.122 e. The van der Waals surface area contributed by atoms with Gasteiger partial charge in [0.1, 0.15) is 0 Å².